The van der Waals surface area contributed by atoms with E-state index in [4.69, 9.17) is 4.74 Å². The summed E-state index contributed by atoms with van der Waals surface area (Å²) in [5, 5.41) is 4.41. The van der Waals surface area contributed by atoms with Crippen molar-refractivity contribution in [3.63, 3.8) is 0 Å². The molecule has 1 unspecified atom stereocenters. The van der Waals surface area contributed by atoms with Crippen molar-refractivity contribution in [2.75, 3.05) is 13.2 Å². The first-order valence-electron chi connectivity index (χ1n) is 5.66. The van der Waals surface area contributed by atoms with Crippen molar-refractivity contribution in [3.8, 4) is 0 Å². The van der Waals surface area contributed by atoms with Gasteiger partial charge in [0.05, 0.1) is 12.8 Å². The summed E-state index contributed by atoms with van der Waals surface area (Å²) in [5.74, 6) is 0.651. The van der Waals surface area contributed by atoms with E-state index < -0.39 is 0 Å². The zero-order valence-electron chi connectivity index (χ0n) is 9.86. The van der Waals surface area contributed by atoms with Crippen LogP contribution in [0.3, 0.4) is 0 Å². The second-order valence-electron chi connectivity index (χ2n) is 5.43. The minimum Gasteiger partial charge on any atom is -0.381 e. The van der Waals surface area contributed by atoms with E-state index in [9.17, 15) is 0 Å². The highest BCUT2D eigenvalue weighted by molar-refractivity contribution is 5.15. The van der Waals surface area contributed by atoms with E-state index in [1.165, 1.54) is 12.0 Å². The molecule has 0 aliphatic carbocycles. The quantitative estimate of drug-likeness (QED) is 0.745. The summed E-state index contributed by atoms with van der Waals surface area (Å²) in [6.07, 6.45) is 5.32. The summed E-state index contributed by atoms with van der Waals surface area (Å²) in [6, 6.07) is 0. The van der Waals surface area contributed by atoms with E-state index in [0.29, 0.717) is 5.92 Å². The molecule has 0 radical (unpaired) electrons. The number of hydrogen-bond acceptors (Lipinski definition) is 2. The molecule has 0 N–H and O–H groups in total. The average Bonchev–Trinajstić information content (AvgIpc) is 2.73. The molecule has 2 rings (SSSR count). The topological polar surface area (TPSA) is 27.1 Å². The van der Waals surface area contributed by atoms with E-state index in [-0.39, 0.29) is 5.41 Å². The molecule has 1 aromatic heterocycles. The fourth-order valence-corrected chi connectivity index (χ4v) is 1.84. The van der Waals surface area contributed by atoms with Gasteiger partial charge in [0.1, 0.15) is 0 Å². The number of rotatable bonds is 2. The van der Waals surface area contributed by atoms with Crippen LogP contribution in [0.1, 0.15) is 32.8 Å². The van der Waals surface area contributed by atoms with Crippen LogP contribution in [0.4, 0.5) is 0 Å². The Morgan fingerprint density at radius 1 is 1.53 bits per heavy atom. The van der Waals surface area contributed by atoms with Crippen LogP contribution in [0.25, 0.3) is 0 Å². The van der Waals surface area contributed by atoms with Gasteiger partial charge in [0.25, 0.3) is 0 Å². The van der Waals surface area contributed by atoms with Gasteiger partial charge in [0.2, 0.25) is 0 Å². The first kappa shape index (κ1) is 10.7. The van der Waals surface area contributed by atoms with Gasteiger partial charge < -0.3 is 4.74 Å². The summed E-state index contributed by atoms with van der Waals surface area (Å²) < 4.78 is 7.42. The molecule has 1 fully saturated rings. The zero-order chi connectivity index (χ0) is 10.9. The monoisotopic (exact) mass is 208 g/mol. The smallest absolute Gasteiger partial charge is 0.0527 e. The lowest BCUT2D eigenvalue weighted by Gasteiger charge is -2.15. The van der Waals surface area contributed by atoms with E-state index in [1.807, 2.05) is 6.20 Å². The molecule has 0 bridgehead atoms. The highest BCUT2D eigenvalue weighted by atomic mass is 16.5. The molecule has 0 saturated carbocycles. The summed E-state index contributed by atoms with van der Waals surface area (Å²) in [7, 11) is 0. The second-order valence-corrected chi connectivity index (χ2v) is 5.43. The Labute approximate surface area is 91.4 Å². The normalized spacial score (nSPS) is 22.2. The third-order valence-electron chi connectivity index (χ3n) is 2.97. The van der Waals surface area contributed by atoms with Crippen LogP contribution < -0.4 is 0 Å². The van der Waals surface area contributed by atoms with Crippen molar-refractivity contribution >= 4 is 0 Å². The lowest BCUT2D eigenvalue weighted by molar-refractivity contribution is 0.181. The maximum Gasteiger partial charge on any atom is 0.0527 e. The lowest BCUT2D eigenvalue weighted by atomic mass is 9.90. The molecule has 1 saturated heterocycles. The Hall–Kier alpha value is -0.830. The summed E-state index contributed by atoms with van der Waals surface area (Å²) in [5.41, 5.74) is 1.51. The number of ether oxygens (including phenoxy) is 1. The molecule has 1 aromatic rings. The van der Waals surface area contributed by atoms with Crippen molar-refractivity contribution < 1.29 is 4.74 Å². The summed E-state index contributed by atoms with van der Waals surface area (Å²) >= 11 is 0. The highest BCUT2D eigenvalue weighted by Gasteiger charge is 2.19. The van der Waals surface area contributed by atoms with Crippen LogP contribution in [-0.2, 0) is 16.7 Å². The van der Waals surface area contributed by atoms with Gasteiger partial charge in [-0.1, -0.05) is 20.8 Å². The molecule has 84 valence electrons. The Balaban J connectivity index is 2.00. The molecule has 15 heavy (non-hydrogen) atoms. The van der Waals surface area contributed by atoms with Crippen LogP contribution >= 0.6 is 0 Å². The van der Waals surface area contributed by atoms with Gasteiger partial charge in [0.15, 0.2) is 0 Å². The van der Waals surface area contributed by atoms with Crippen LogP contribution in [0.15, 0.2) is 12.4 Å². The van der Waals surface area contributed by atoms with Crippen molar-refractivity contribution in [1.29, 1.82) is 0 Å². The average molecular weight is 208 g/mol. The van der Waals surface area contributed by atoms with Gasteiger partial charge in [-0.25, -0.2) is 0 Å². The van der Waals surface area contributed by atoms with Crippen LogP contribution in [0, 0.1) is 5.92 Å². The van der Waals surface area contributed by atoms with E-state index in [1.54, 1.807) is 0 Å². The van der Waals surface area contributed by atoms with Crippen LogP contribution in [0.5, 0.6) is 0 Å². The Morgan fingerprint density at radius 3 is 2.87 bits per heavy atom. The maximum atomic E-state index is 5.36. The molecular weight excluding hydrogens is 188 g/mol. The molecule has 3 nitrogen and oxygen atoms in total. The molecular formula is C12H20N2O. The molecule has 3 heteroatoms. The standard InChI is InChI=1S/C12H20N2O/c1-12(2,3)11-6-13-14(8-11)7-10-4-5-15-9-10/h6,8,10H,4-5,7,9H2,1-3H3. The van der Waals surface area contributed by atoms with Gasteiger partial charge >= 0.3 is 0 Å². The fourth-order valence-electron chi connectivity index (χ4n) is 1.84. The molecule has 1 aliphatic heterocycles. The van der Waals surface area contributed by atoms with Crippen molar-refractivity contribution in [1.82, 2.24) is 9.78 Å². The van der Waals surface area contributed by atoms with Crippen molar-refractivity contribution in [3.05, 3.63) is 18.0 Å². The lowest BCUT2D eigenvalue weighted by Crippen LogP contribution is -2.12. The van der Waals surface area contributed by atoms with Crippen LogP contribution in [-0.4, -0.2) is 23.0 Å². The van der Waals surface area contributed by atoms with Gasteiger partial charge in [-0.15, -0.1) is 0 Å². The minimum absolute atomic E-state index is 0.199. The Bertz CT molecular complexity index is 319. The number of hydrogen-bond donors (Lipinski definition) is 0. The second kappa shape index (κ2) is 3.97. The van der Waals surface area contributed by atoms with E-state index >= 15 is 0 Å². The van der Waals surface area contributed by atoms with Gasteiger partial charge in [-0.3, -0.25) is 4.68 Å². The number of aromatic nitrogens is 2. The summed E-state index contributed by atoms with van der Waals surface area (Å²) in [4.78, 5) is 0. The molecule has 0 amide bonds. The third-order valence-corrected chi connectivity index (χ3v) is 2.97. The third kappa shape index (κ3) is 2.59. The summed E-state index contributed by atoms with van der Waals surface area (Å²) in [6.45, 7) is 9.45. The predicted molar refractivity (Wildman–Crippen MR) is 59.9 cm³/mol. The zero-order valence-corrected chi connectivity index (χ0v) is 9.86. The Morgan fingerprint density at radius 2 is 2.33 bits per heavy atom. The van der Waals surface area contributed by atoms with Crippen molar-refractivity contribution in [2.24, 2.45) is 5.92 Å². The molecule has 1 aliphatic rings. The maximum absolute atomic E-state index is 5.36. The highest BCUT2D eigenvalue weighted by Crippen LogP contribution is 2.22. The van der Waals surface area contributed by atoms with Gasteiger partial charge in [-0.2, -0.15) is 5.10 Å². The fraction of sp³-hybridized carbons (Fsp3) is 0.750. The molecule has 0 spiro atoms. The van der Waals surface area contributed by atoms with Gasteiger partial charge in [-0.05, 0) is 17.4 Å². The Kier molecular flexibility index (Phi) is 2.83. The SMILES string of the molecule is CC(C)(C)c1cnn(CC2CCOC2)c1. The van der Waals surface area contributed by atoms with Gasteiger partial charge in [0, 0.05) is 25.3 Å². The molecule has 2 heterocycles. The van der Waals surface area contributed by atoms with E-state index in [2.05, 4.69) is 36.7 Å². The molecule has 1 atom stereocenters. The molecule has 0 aromatic carbocycles. The van der Waals surface area contributed by atoms with E-state index in [0.717, 1.165) is 19.8 Å². The van der Waals surface area contributed by atoms with Crippen LogP contribution in [0.2, 0.25) is 0 Å². The minimum atomic E-state index is 0.199. The first-order chi connectivity index (χ1) is 7.05. The predicted octanol–water partition coefficient (Wildman–Crippen LogP) is 2.22. The first-order valence-corrected chi connectivity index (χ1v) is 5.66. The largest absolute Gasteiger partial charge is 0.381 e. The van der Waals surface area contributed by atoms with Crippen molar-refractivity contribution in [2.45, 2.75) is 39.2 Å². The number of nitrogens with zero attached hydrogens (tertiary/aromatic N) is 2.